The van der Waals surface area contributed by atoms with E-state index in [0.717, 1.165) is 42.2 Å². The largest absolute Gasteiger partial charge is 0.486 e. The van der Waals surface area contributed by atoms with Crippen LogP contribution in [0.2, 0.25) is 0 Å². The zero-order valence-electron chi connectivity index (χ0n) is 17.8. The van der Waals surface area contributed by atoms with Crippen molar-refractivity contribution in [2.75, 3.05) is 20.2 Å². The molecule has 3 aromatic rings. The quantitative estimate of drug-likeness (QED) is 0.574. The molecule has 1 aliphatic rings. The van der Waals surface area contributed by atoms with Gasteiger partial charge in [-0.2, -0.15) is 0 Å². The first kappa shape index (κ1) is 21.6. The maximum atomic E-state index is 11.7. The van der Waals surface area contributed by atoms with E-state index in [-0.39, 0.29) is 11.0 Å². The van der Waals surface area contributed by atoms with Crippen molar-refractivity contribution in [3.63, 3.8) is 0 Å². The zero-order valence-corrected chi connectivity index (χ0v) is 18.6. The van der Waals surface area contributed by atoms with E-state index >= 15 is 0 Å². The van der Waals surface area contributed by atoms with Gasteiger partial charge in [-0.05, 0) is 43.8 Å². The second-order valence-electron chi connectivity index (χ2n) is 7.92. The molecule has 1 aliphatic heterocycles. The van der Waals surface area contributed by atoms with Crippen LogP contribution in [-0.2, 0) is 23.1 Å². The number of hydrogen-bond donors (Lipinski definition) is 1. The van der Waals surface area contributed by atoms with Crippen molar-refractivity contribution in [3.05, 3.63) is 48.3 Å². The Morgan fingerprint density at radius 3 is 2.74 bits per heavy atom. The summed E-state index contributed by atoms with van der Waals surface area (Å²) in [6.07, 6.45) is 1.98. The highest BCUT2D eigenvalue weighted by Crippen LogP contribution is 2.31. The minimum Gasteiger partial charge on any atom is -0.486 e. The molecule has 0 saturated heterocycles. The average molecular weight is 445 g/mol. The number of hydrogen-bond acceptors (Lipinski definition) is 6. The molecule has 8 nitrogen and oxygen atoms in total. The predicted octanol–water partition coefficient (Wildman–Crippen LogP) is 2.76. The number of fused-ring (bicyclic) bond motifs is 2. The van der Waals surface area contributed by atoms with Gasteiger partial charge in [0.25, 0.3) is 0 Å². The fourth-order valence-corrected chi connectivity index (χ4v) is 4.36. The minimum atomic E-state index is -3.77. The van der Waals surface area contributed by atoms with Gasteiger partial charge in [0.05, 0.1) is 22.5 Å². The topological polar surface area (TPSA) is 99.7 Å². The standard InChI is InChI=1S/C22H28N4O4S/c1-3-4-11-26-19-10-9-17(31(23,27)28)12-18(19)24-22(26)14-25(2)13-16-15-29-20-7-5-6-8-21(20)30-16/h5-10,12,16H,3-4,11,13-15H2,1-2H3,(H2,23,27,28)/t16-/m1/s1. The van der Waals surface area contributed by atoms with Crippen molar-refractivity contribution in [1.82, 2.24) is 14.5 Å². The van der Waals surface area contributed by atoms with Crippen LogP contribution in [0.1, 0.15) is 25.6 Å². The van der Waals surface area contributed by atoms with Crippen molar-refractivity contribution < 1.29 is 17.9 Å². The Hall–Kier alpha value is -2.62. The molecule has 2 N–H and O–H groups in total. The van der Waals surface area contributed by atoms with Gasteiger partial charge in [-0.3, -0.25) is 4.90 Å². The van der Waals surface area contributed by atoms with Gasteiger partial charge in [-0.25, -0.2) is 18.5 Å². The van der Waals surface area contributed by atoms with Crippen LogP contribution in [0.15, 0.2) is 47.4 Å². The highest BCUT2D eigenvalue weighted by atomic mass is 32.2. The van der Waals surface area contributed by atoms with E-state index in [1.807, 2.05) is 31.3 Å². The van der Waals surface area contributed by atoms with E-state index < -0.39 is 10.0 Å². The van der Waals surface area contributed by atoms with Crippen LogP contribution in [0.5, 0.6) is 11.5 Å². The molecular weight excluding hydrogens is 416 g/mol. The molecule has 2 aromatic carbocycles. The van der Waals surface area contributed by atoms with E-state index in [1.165, 1.54) is 0 Å². The number of imidazole rings is 1. The number of primary sulfonamides is 1. The predicted molar refractivity (Wildman–Crippen MR) is 119 cm³/mol. The minimum absolute atomic E-state index is 0.0754. The SMILES string of the molecule is CCCCn1c(CN(C)C[C@@H]2COc3ccccc3O2)nc2cc(S(N)(=O)=O)ccc21. The molecule has 0 spiro atoms. The van der Waals surface area contributed by atoms with Crippen LogP contribution in [0, 0.1) is 0 Å². The third-order valence-electron chi connectivity index (χ3n) is 5.36. The molecule has 0 bridgehead atoms. The summed E-state index contributed by atoms with van der Waals surface area (Å²) < 4.78 is 37.5. The lowest BCUT2D eigenvalue weighted by Gasteiger charge is -2.29. The van der Waals surface area contributed by atoms with Crippen LogP contribution < -0.4 is 14.6 Å². The monoisotopic (exact) mass is 444 g/mol. The molecule has 0 unspecified atom stereocenters. The Morgan fingerprint density at radius 2 is 2.00 bits per heavy atom. The number of unbranched alkanes of at least 4 members (excludes halogenated alkanes) is 1. The smallest absolute Gasteiger partial charge is 0.238 e. The van der Waals surface area contributed by atoms with Gasteiger partial charge in [-0.15, -0.1) is 0 Å². The fraction of sp³-hybridized carbons (Fsp3) is 0.409. The molecule has 9 heteroatoms. The van der Waals surface area contributed by atoms with Gasteiger partial charge in [-0.1, -0.05) is 25.5 Å². The number of sulfonamides is 1. The first-order valence-electron chi connectivity index (χ1n) is 10.4. The summed E-state index contributed by atoms with van der Waals surface area (Å²) in [6, 6.07) is 12.6. The molecular formula is C22H28N4O4S. The number of nitrogens with zero attached hydrogens (tertiary/aromatic N) is 3. The molecule has 0 radical (unpaired) electrons. The molecule has 1 atom stereocenters. The lowest BCUT2D eigenvalue weighted by molar-refractivity contribution is 0.0630. The third-order valence-corrected chi connectivity index (χ3v) is 6.27. The molecule has 4 rings (SSSR count). The number of aromatic nitrogens is 2. The van der Waals surface area contributed by atoms with Crippen LogP contribution in [-0.4, -0.2) is 49.2 Å². The summed E-state index contributed by atoms with van der Waals surface area (Å²) >= 11 is 0. The van der Waals surface area contributed by atoms with Gasteiger partial charge >= 0.3 is 0 Å². The summed E-state index contributed by atoms with van der Waals surface area (Å²) in [5, 5.41) is 5.30. The van der Waals surface area contributed by atoms with Gasteiger partial charge in [0, 0.05) is 13.1 Å². The van der Waals surface area contributed by atoms with Gasteiger partial charge in [0.15, 0.2) is 11.5 Å². The van der Waals surface area contributed by atoms with Crippen molar-refractivity contribution in [2.45, 2.75) is 43.9 Å². The summed E-state index contributed by atoms with van der Waals surface area (Å²) in [4.78, 5) is 6.96. The Labute approximate surface area is 182 Å². The summed E-state index contributed by atoms with van der Waals surface area (Å²) in [5.41, 5.74) is 1.55. The van der Waals surface area contributed by atoms with Crippen LogP contribution in [0.3, 0.4) is 0 Å². The van der Waals surface area contributed by atoms with Gasteiger partial charge in [0.1, 0.15) is 18.5 Å². The van der Waals surface area contributed by atoms with Gasteiger partial charge < -0.3 is 14.0 Å². The molecule has 0 saturated carbocycles. The number of likely N-dealkylation sites (N-methyl/N-ethyl adjacent to an activating group) is 1. The highest BCUT2D eigenvalue weighted by Gasteiger charge is 2.23. The number of para-hydroxylation sites is 2. The molecule has 31 heavy (non-hydrogen) atoms. The maximum absolute atomic E-state index is 11.7. The molecule has 1 aromatic heterocycles. The molecule has 166 valence electrons. The Kier molecular flexibility index (Phi) is 6.17. The number of aryl methyl sites for hydroxylation is 1. The highest BCUT2D eigenvalue weighted by molar-refractivity contribution is 7.89. The number of nitrogens with two attached hydrogens (primary N) is 1. The normalized spacial score (nSPS) is 16.2. The van der Waals surface area contributed by atoms with E-state index in [2.05, 4.69) is 16.4 Å². The van der Waals surface area contributed by atoms with Crippen molar-refractivity contribution in [2.24, 2.45) is 5.14 Å². The van der Waals surface area contributed by atoms with E-state index in [9.17, 15) is 8.42 Å². The third kappa shape index (κ3) is 4.84. The summed E-state index contributed by atoms with van der Waals surface area (Å²) in [6.45, 7) is 4.73. The Morgan fingerprint density at radius 1 is 1.23 bits per heavy atom. The van der Waals surface area contributed by atoms with E-state index in [0.29, 0.717) is 25.2 Å². The van der Waals surface area contributed by atoms with Crippen molar-refractivity contribution in [3.8, 4) is 11.5 Å². The van der Waals surface area contributed by atoms with Crippen LogP contribution in [0.4, 0.5) is 0 Å². The number of benzene rings is 2. The second-order valence-corrected chi connectivity index (χ2v) is 9.48. The summed E-state index contributed by atoms with van der Waals surface area (Å²) in [5.74, 6) is 2.42. The first-order chi connectivity index (χ1) is 14.8. The van der Waals surface area contributed by atoms with E-state index in [1.54, 1.807) is 18.2 Å². The molecule has 0 fully saturated rings. The lowest BCUT2D eigenvalue weighted by Crippen LogP contribution is -2.39. The maximum Gasteiger partial charge on any atom is 0.238 e. The molecule has 0 amide bonds. The molecule has 2 heterocycles. The van der Waals surface area contributed by atoms with Gasteiger partial charge in [0.2, 0.25) is 10.0 Å². The van der Waals surface area contributed by atoms with Crippen LogP contribution >= 0.6 is 0 Å². The van der Waals surface area contributed by atoms with Crippen molar-refractivity contribution in [1.29, 1.82) is 0 Å². The van der Waals surface area contributed by atoms with Crippen molar-refractivity contribution >= 4 is 21.1 Å². The fourth-order valence-electron chi connectivity index (χ4n) is 3.83. The number of rotatable bonds is 8. The first-order valence-corrected chi connectivity index (χ1v) is 12.0. The summed E-state index contributed by atoms with van der Waals surface area (Å²) in [7, 11) is -1.75. The average Bonchev–Trinajstić information content (AvgIpc) is 3.07. The molecule has 0 aliphatic carbocycles. The zero-order chi connectivity index (χ0) is 22.0. The van der Waals surface area contributed by atoms with E-state index in [4.69, 9.17) is 19.6 Å². The Balaban J connectivity index is 1.53. The lowest BCUT2D eigenvalue weighted by atomic mass is 10.2. The second kappa shape index (κ2) is 8.86. The Bertz CT molecular complexity index is 1180. The van der Waals surface area contributed by atoms with Crippen LogP contribution in [0.25, 0.3) is 11.0 Å². The number of ether oxygens (including phenoxy) is 2.